The van der Waals surface area contributed by atoms with E-state index in [4.69, 9.17) is 9.47 Å². The Hall–Kier alpha value is -3.32. The minimum atomic E-state index is -0.832. The molecule has 2 aromatic rings. The van der Waals surface area contributed by atoms with Crippen molar-refractivity contribution in [2.45, 2.75) is 13.0 Å². The summed E-state index contributed by atoms with van der Waals surface area (Å²) in [7, 11) is 2.91. The Morgan fingerprint density at radius 1 is 1.10 bits per heavy atom. The largest absolute Gasteiger partial charge is 0.507 e. The SMILES string of the molecule is COCCN1C(=O)C(=O)C(=C(O)c2ccc(C)cc2)C1c1ccc(O)c(OC)c1. The molecular weight excluding hydrogens is 374 g/mol. The summed E-state index contributed by atoms with van der Waals surface area (Å²) in [4.78, 5) is 26.9. The lowest BCUT2D eigenvalue weighted by Crippen LogP contribution is -2.32. The molecule has 2 aromatic carbocycles. The van der Waals surface area contributed by atoms with E-state index in [9.17, 15) is 19.8 Å². The molecule has 0 radical (unpaired) electrons. The molecule has 29 heavy (non-hydrogen) atoms. The summed E-state index contributed by atoms with van der Waals surface area (Å²) in [6.07, 6.45) is 0. The Kier molecular flexibility index (Phi) is 5.89. The van der Waals surface area contributed by atoms with Gasteiger partial charge in [-0.15, -0.1) is 0 Å². The third-order valence-electron chi connectivity index (χ3n) is 4.92. The number of amides is 1. The van der Waals surface area contributed by atoms with Crippen LogP contribution in [0.3, 0.4) is 0 Å². The summed E-state index contributed by atoms with van der Waals surface area (Å²) in [6, 6.07) is 10.8. The topological polar surface area (TPSA) is 96.3 Å². The van der Waals surface area contributed by atoms with Crippen LogP contribution in [0.2, 0.25) is 0 Å². The van der Waals surface area contributed by atoms with Gasteiger partial charge in [-0.1, -0.05) is 35.9 Å². The normalized spacial score (nSPS) is 18.3. The lowest BCUT2D eigenvalue weighted by molar-refractivity contribution is -0.140. The van der Waals surface area contributed by atoms with E-state index < -0.39 is 17.7 Å². The molecule has 2 N–H and O–H groups in total. The van der Waals surface area contributed by atoms with Gasteiger partial charge in [0.05, 0.1) is 25.3 Å². The standard InChI is InChI=1S/C22H23NO6/c1-13-4-6-14(7-5-13)20(25)18-19(15-8-9-16(24)17(12-15)29-3)23(10-11-28-2)22(27)21(18)26/h4-9,12,19,24-25H,10-11H2,1-3H3. The number of aliphatic hydroxyl groups is 1. The number of aryl methyl sites for hydroxylation is 1. The van der Waals surface area contributed by atoms with E-state index in [0.717, 1.165) is 5.56 Å². The molecule has 0 spiro atoms. The maximum atomic E-state index is 12.8. The molecule has 7 heteroatoms. The molecule has 1 saturated heterocycles. The van der Waals surface area contributed by atoms with Gasteiger partial charge in [-0.25, -0.2) is 0 Å². The molecule has 1 heterocycles. The second-order valence-electron chi connectivity index (χ2n) is 6.78. The maximum absolute atomic E-state index is 12.8. The van der Waals surface area contributed by atoms with E-state index in [1.165, 1.54) is 25.2 Å². The highest BCUT2D eigenvalue weighted by molar-refractivity contribution is 6.46. The third-order valence-corrected chi connectivity index (χ3v) is 4.92. The molecule has 1 aliphatic rings. The van der Waals surface area contributed by atoms with Crippen LogP contribution in [0.15, 0.2) is 48.0 Å². The number of benzene rings is 2. The Morgan fingerprint density at radius 2 is 1.79 bits per heavy atom. The zero-order chi connectivity index (χ0) is 21.1. The van der Waals surface area contributed by atoms with Gasteiger partial charge in [0, 0.05) is 19.2 Å². The van der Waals surface area contributed by atoms with Crippen molar-refractivity contribution in [1.29, 1.82) is 0 Å². The molecule has 1 atom stereocenters. The molecular formula is C22H23NO6. The van der Waals surface area contributed by atoms with Crippen LogP contribution in [0.5, 0.6) is 11.5 Å². The average Bonchev–Trinajstić information content (AvgIpc) is 2.97. The first-order chi connectivity index (χ1) is 13.9. The number of methoxy groups -OCH3 is 2. The van der Waals surface area contributed by atoms with Crippen molar-refractivity contribution in [2.75, 3.05) is 27.4 Å². The number of carbonyl (C=O) groups is 2. The quantitative estimate of drug-likeness (QED) is 0.442. The first kappa shape index (κ1) is 20.4. The zero-order valence-electron chi connectivity index (χ0n) is 16.5. The minimum Gasteiger partial charge on any atom is -0.507 e. The van der Waals surface area contributed by atoms with Gasteiger partial charge >= 0.3 is 0 Å². The Morgan fingerprint density at radius 3 is 2.41 bits per heavy atom. The average molecular weight is 397 g/mol. The fourth-order valence-corrected chi connectivity index (χ4v) is 3.38. The number of carbonyl (C=O) groups excluding carboxylic acids is 2. The van der Waals surface area contributed by atoms with E-state index in [1.807, 2.05) is 19.1 Å². The highest BCUT2D eigenvalue weighted by Crippen LogP contribution is 2.41. The summed E-state index contributed by atoms with van der Waals surface area (Å²) in [5, 5.41) is 20.8. The van der Waals surface area contributed by atoms with E-state index in [1.54, 1.807) is 24.3 Å². The number of phenolic OH excluding ortho intramolecular Hbond substituents is 1. The van der Waals surface area contributed by atoms with Crippen molar-refractivity contribution in [3.05, 3.63) is 64.7 Å². The predicted octanol–water partition coefficient (Wildman–Crippen LogP) is 2.78. The molecule has 0 bridgehead atoms. The van der Waals surface area contributed by atoms with Gasteiger partial charge in [0.15, 0.2) is 11.5 Å². The van der Waals surface area contributed by atoms with Crippen LogP contribution < -0.4 is 4.74 Å². The predicted molar refractivity (Wildman–Crippen MR) is 107 cm³/mol. The van der Waals surface area contributed by atoms with Gasteiger partial charge in [-0.3, -0.25) is 9.59 Å². The molecule has 7 nitrogen and oxygen atoms in total. The van der Waals surface area contributed by atoms with Gasteiger partial charge in [0.1, 0.15) is 5.76 Å². The van der Waals surface area contributed by atoms with Crippen LogP contribution in [0.1, 0.15) is 22.7 Å². The second kappa shape index (κ2) is 8.36. The second-order valence-corrected chi connectivity index (χ2v) is 6.78. The molecule has 1 fully saturated rings. The van der Waals surface area contributed by atoms with Crippen molar-refractivity contribution >= 4 is 17.4 Å². The molecule has 0 saturated carbocycles. The number of aromatic hydroxyl groups is 1. The molecule has 1 unspecified atom stereocenters. The van der Waals surface area contributed by atoms with Crippen LogP contribution >= 0.6 is 0 Å². The zero-order valence-corrected chi connectivity index (χ0v) is 16.5. The maximum Gasteiger partial charge on any atom is 0.295 e. The van der Waals surface area contributed by atoms with Crippen molar-refractivity contribution in [3.8, 4) is 11.5 Å². The number of hydrogen-bond donors (Lipinski definition) is 2. The van der Waals surface area contributed by atoms with Gasteiger partial charge < -0.3 is 24.6 Å². The number of aliphatic hydroxyl groups excluding tert-OH is 1. The monoisotopic (exact) mass is 397 g/mol. The van der Waals surface area contributed by atoms with E-state index in [-0.39, 0.29) is 36.0 Å². The number of nitrogens with zero attached hydrogens (tertiary/aromatic N) is 1. The number of likely N-dealkylation sites (tertiary alicyclic amines) is 1. The number of hydrogen-bond acceptors (Lipinski definition) is 6. The smallest absolute Gasteiger partial charge is 0.295 e. The van der Waals surface area contributed by atoms with Crippen LogP contribution in [0.25, 0.3) is 5.76 Å². The molecule has 0 aromatic heterocycles. The van der Waals surface area contributed by atoms with Crippen LogP contribution in [-0.2, 0) is 14.3 Å². The number of ether oxygens (including phenoxy) is 2. The highest BCUT2D eigenvalue weighted by Gasteiger charge is 2.46. The summed E-state index contributed by atoms with van der Waals surface area (Å²) in [6.45, 7) is 2.30. The first-order valence-electron chi connectivity index (χ1n) is 9.10. The summed E-state index contributed by atoms with van der Waals surface area (Å²) in [5.41, 5.74) is 1.96. The summed E-state index contributed by atoms with van der Waals surface area (Å²) >= 11 is 0. The Labute approximate surface area is 168 Å². The number of phenols is 1. The third kappa shape index (κ3) is 3.82. The van der Waals surface area contributed by atoms with Crippen LogP contribution in [0, 0.1) is 6.92 Å². The lowest BCUT2D eigenvalue weighted by Gasteiger charge is -2.25. The molecule has 3 rings (SSSR count). The number of Topliss-reactive ketones (excluding diaryl/α,β-unsaturated/α-hetero) is 1. The van der Waals surface area contributed by atoms with Gasteiger partial charge in [0.2, 0.25) is 0 Å². The summed E-state index contributed by atoms with van der Waals surface area (Å²) in [5.74, 6) is -1.59. The molecule has 1 aliphatic heterocycles. The minimum absolute atomic E-state index is 0.0114. The molecule has 1 amide bonds. The van der Waals surface area contributed by atoms with Crippen molar-refractivity contribution in [3.63, 3.8) is 0 Å². The highest BCUT2D eigenvalue weighted by atomic mass is 16.5. The van der Waals surface area contributed by atoms with Gasteiger partial charge in [-0.2, -0.15) is 0 Å². The van der Waals surface area contributed by atoms with Gasteiger partial charge in [-0.05, 0) is 24.6 Å². The fourth-order valence-electron chi connectivity index (χ4n) is 3.38. The van der Waals surface area contributed by atoms with E-state index >= 15 is 0 Å². The van der Waals surface area contributed by atoms with Crippen LogP contribution in [0.4, 0.5) is 0 Å². The van der Waals surface area contributed by atoms with Crippen molar-refractivity contribution in [2.24, 2.45) is 0 Å². The fraction of sp³-hybridized carbons (Fsp3) is 0.273. The number of ketones is 1. The van der Waals surface area contributed by atoms with E-state index in [0.29, 0.717) is 11.1 Å². The lowest BCUT2D eigenvalue weighted by atomic mass is 9.94. The van der Waals surface area contributed by atoms with Gasteiger partial charge in [0.25, 0.3) is 11.7 Å². The molecule has 0 aliphatic carbocycles. The Balaban J connectivity index is 2.18. The van der Waals surface area contributed by atoms with Crippen molar-refractivity contribution in [1.82, 2.24) is 4.90 Å². The summed E-state index contributed by atoms with van der Waals surface area (Å²) < 4.78 is 10.2. The number of rotatable bonds is 6. The van der Waals surface area contributed by atoms with Crippen LogP contribution in [-0.4, -0.2) is 54.2 Å². The van der Waals surface area contributed by atoms with Crippen molar-refractivity contribution < 1.29 is 29.3 Å². The Bertz CT molecular complexity index is 964. The first-order valence-corrected chi connectivity index (χ1v) is 9.10. The van der Waals surface area contributed by atoms with E-state index in [2.05, 4.69) is 0 Å². The molecule has 152 valence electrons.